The third-order valence-electron chi connectivity index (χ3n) is 7.39. The van der Waals surface area contributed by atoms with E-state index in [1.807, 2.05) is 6.07 Å². The molecular weight excluding hydrogens is 422 g/mol. The van der Waals surface area contributed by atoms with Crippen molar-refractivity contribution in [3.05, 3.63) is 89.0 Å². The molecule has 4 nitrogen and oxygen atoms in total. The molecule has 1 fully saturated rings. The Labute approximate surface area is 202 Å². The second kappa shape index (κ2) is 10.0. The molecule has 3 aromatic rings. The number of hydrogen-bond donors (Lipinski definition) is 2. The third-order valence-corrected chi connectivity index (χ3v) is 7.39. The minimum Gasteiger partial charge on any atom is -0.493 e. The standard InChI is InChI=1S/C30H33NO3/c1-20-16-21(10-12-27(20)22-6-3-2-4-7-22)14-15-34-26-11-13-28-23(19-26)8-5-9-29(28)31-25-17-24(18-25)30(32)33/h2-4,6-7,10-13,16,19,24-25,29,31H,5,8-9,14-15,17-18H2,1H3,(H,32,33)/t24-,25-,29-/m0/s1. The van der Waals surface area contributed by atoms with Crippen molar-refractivity contribution < 1.29 is 14.6 Å². The van der Waals surface area contributed by atoms with E-state index in [2.05, 4.69) is 72.9 Å². The number of nitrogens with one attached hydrogen (secondary N) is 1. The van der Waals surface area contributed by atoms with Gasteiger partial charge in [-0.05, 0) is 84.5 Å². The highest BCUT2D eigenvalue weighted by molar-refractivity contribution is 5.71. The zero-order valence-electron chi connectivity index (χ0n) is 19.8. The molecule has 34 heavy (non-hydrogen) atoms. The Balaban J connectivity index is 1.16. The van der Waals surface area contributed by atoms with Gasteiger partial charge < -0.3 is 15.2 Å². The molecule has 176 valence electrons. The monoisotopic (exact) mass is 455 g/mol. The number of ether oxygens (including phenoxy) is 1. The summed E-state index contributed by atoms with van der Waals surface area (Å²) in [5.74, 6) is 0.104. The molecule has 0 saturated heterocycles. The fourth-order valence-corrected chi connectivity index (χ4v) is 5.40. The summed E-state index contributed by atoms with van der Waals surface area (Å²) in [7, 11) is 0. The molecule has 1 saturated carbocycles. The maximum atomic E-state index is 11.1. The van der Waals surface area contributed by atoms with Crippen molar-refractivity contribution in [3.8, 4) is 16.9 Å². The van der Waals surface area contributed by atoms with Crippen LogP contribution < -0.4 is 10.1 Å². The van der Waals surface area contributed by atoms with E-state index >= 15 is 0 Å². The van der Waals surface area contributed by atoms with Crippen LogP contribution in [0.5, 0.6) is 5.75 Å². The number of carboxylic acid groups (broad SMARTS) is 1. The highest BCUT2D eigenvalue weighted by atomic mass is 16.5. The molecule has 0 heterocycles. The van der Waals surface area contributed by atoms with Gasteiger partial charge in [-0.25, -0.2) is 0 Å². The van der Waals surface area contributed by atoms with Crippen molar-refractivity contribution in [3.63, 3.8) is 0 Å². The van der Waals surface area contributed by atoms with Gasteiger partial charge in [-0.15, -0.1) is 0 Å². The van der Waals surface area contributed by atoms with Crippen LogP contribution in [0.15, 0.2) is 66.7 Å². The van der Waals surface area contributed by atoms with Crippen LogP contribution in [-0.2, 0) is 17.6 Å². The van der Waals surface area contributed by atoms with E-state index in [9.17, 15) is 4.79 Å². The van der Waals surface area contributed by atoms with Crippen LogP contribution in [-0.4, -0.2) is 23.7 Å². The van der Waals surface area contributed by atoms with Crippen LogP contribution in [0.3, 0.4) is 0 Å². The first kappa shape index (κ1) is 22.7. The Morgan fingerprint density at radius 1 is 1.06 bits per heavy atom. The molecule has 2 aliphatic carbocycles. The molecule has 2 N–H and O–H groups in total. The van der Waals surface area contributed by atoms with Crippen LogP contribution in [0.4, 0.5) is 0 Å². The summed E-state index contributed by atoms with van der Waals surface area (Å²) in [4.78, 5) is 11.1. The predicted octanol–water partition coefficient (Wildman–Crippen LogP) is 6.11. The Morgan fingerprint density at radius 3 is 2.65 bits per heavy atom. The van der Waals surface area contributed by atoms with Crippen LogP contribution in [0.25, 0.3) is 11.1 Å². The minimum atomic E-state index is -0.661. The zero-order chi connectivity index (χ0) is 23.5. The summed E-state index contributed by atoms with van der Waals surface area (Å²) in [5.41, 5.74) is 7.83. The summed E-state index contributed by atoms with van der Waals surface area (Å²) in [5, 5.41) is 12.8. The van der Waals surface area contributed by atoms with Crippen molar-refractivity contribution in [1.82, 2.24) is 5.32 Å². The maximum absolute atomic E-state index is 11.1. The topological polar surface area (TPSA) is 58.6 Å². The van der Waals surface area contributed by atoms with Gasteiger partial charge >= 0.3 is 5.97 Å². The Hall–Kier alpha value is -3.11. The summed E-state index contributed by atoms with van der Waals surface area (Å²) in [6, 6.07) is 24.3. The Morgan fingerprint density at radius 2 is 1.88 bits per heavy atom. The molecule has 0 amide bonds. The van der Waals surface area contributed by atoms with Gasteiger partial charge in [0.1, 0.15) is 5.75 Å². The first-order chi connectivity index (χ1) is 16.6. The number of aryl methyl sites for hydroxylation is 2. The first-order valence-corrected chi connectivity index (χ1v) is 12.5. The van der Waals surface area contributed by atoms with Crippen molar-refractivity contribution in [2.24, 2.45) is 5.92 Å². The molecule has 1 atom stereocenters. The van der Waals surface area contributed by atoms with E-state index in [0.29, 0.717) is 18.7 Å². The second-order valence-corrected chi connectivity index (χ2v) is 9.79. The lowest BCUT2D eigenvalue weighted by molar-refractivity contribution is -0.145. The van der Waals surface area contributed by atoms with Gasteiger partial charge in [-0.3, -0.25) is 4.79 Å². The summed E-state index contributed by atoms with van der Waals surface area (Å²) in [6.07, 6.45) is 5.70. The van der Waals surface area contributed by atoms with Crippen LogP contribution in [0, 0.1) is 12.8 Å². The lowest BCUT2D eigenvalue weighted by Crippen LogP contribution is -2.46. The number of carbonyl (C=O) groups is 1. The van der Waals surface area contributed by atoms with E-state index in [-0.39, 0.29) is 5.92 Å². The van der Waals surface area contributed by atoms with Gasteiger partial charge in [0.05, 0.1) is 12.5 Å². The summed E-state index contributed by atoms with van der Waals surface area (Å²) >= 11 is 0. The zero-order valence-corrected chi connectivity index (χ0v) is 19.8. The largest absolute Gasteiger partial charge is 0.493 e. The van der Waals surface area contributed by atoms with Crippen molar-refractivity contribution in [1.29, 1.82) is 0 Å². The number of hydrogen-bond acceptors (Lipinski definition) is 3. The van der Waals surface area contributed by atoms with Crippen molar-refractivity contribution in [2.75, 3.05) is 6.61 Å². The van der Waals surface area contributed by atoms with E-state index in [0.717, 1.165) is 44.3 Å². The van der Waals surface area contributed by atoms with Gasteiger partial charge in [-0.2, -0.15) is 0 Å². The van der Waals surface area contributed by atoms with Gasteiger partial charge in [0, 0.05) is 18.5 Å². The predicted molar refractivity (Wildman–Crippen MR) is 135 cm³/mol. The number of rotatable bonds is 8. The lowest BCUT2D eigenvalue weighted by Gasteiger charge is -2.38. The molecule has 3 aromatic carbocycles. The van der Waals surface area contributed by atoms with Crippen LogP contribution >= 0.6 is 0 Å². The average Bonchev–Trinajstić information content (AvgIpc) is 2.81. The van der Waals surface area contributed by atoms with Crippen molar-refractivity contribution in [2.45, 2.75) is 57.5 Å². The normalized spacial score (nSPS) is 21.4. The number of fused-ring (bicyclic) bond motifs is 1. The van der Waals surface area contributed by atoms with Crippen molar-refractivity contribution >= 4 is 5.97 Å². The molecular formula is C30H33NO3. The number of benzene rings is 3. The molecule has 0 aliphatic heterocycles. The Bertz CT molecular complexity index is 1150. The molecule has 0 radical (unpaired) electrons. The smallest absolute Gasteiger partial charge is 0.306 e. The number of aliphatic carboxylic acids is 1. The number of carboxylic acids is 1. The highest BCUT2D eigenvalue weighted by Gasteiger charge is 2.36. The molecule has 0 bridgehead atoms. The first-order valence-electron chi connectivity index (χ1n) is 12.5. The molecule has 4 heteroatoms. The average molecular weight is 456 g/mol. The van der Waals surface area contributed by atoms with Gasteiger partial charge in [0.2, 0.25) is 0 Å². The lowest BCUT2D eigenvalue weighted by atomic mass is 9.78. The van der Waals surface area contributed by atoms with Crippen LogP contribution in [0.2, 0.25) is 0 Å². The molecule has 5 rings (SSSR count). The van der Waals surface area contributed by atoms with E-state index in [1.54, 1.807) is 0 Å². The maximum Gasteiger partial charge on any atom is 0.306 e. The minimum absolute atomic E-state index is 0.172. The molecule has 0 unspecified atom stereocenters. The molecule has 0 aromatic heterocycles. The van der Waals surface area contributed by atoms with Crippen LogP contribution in [0.1, 0.15) is 54.0 Å². The summed E-state index contributed by atoms with van der Waals surface area (Å²) < 4.78 is 6.13. The highest BCUT2D eigenvalue weighted by Crippen LogP contribution is 2.36. The fraction of sp³-hybridized carbons (Fsp3) is 0.367. The van der Waals surface area contributed by atoms with E-state index in [1.165, 1.54) is 33.4 Å². The SMILES string of the molecule is Cc1cc(CCOc2ccc3c(c2)CCC[C@@H]3N[C@H]2C[C@H](C(=O)O)C2)ccc1-c1ccccc1. The quantitative estimate of drug-likeness (QED) is 0.430. The fourth-order valence-electron chi connectivity index (χ4n) is 5.40. The molecule has 2 aliphatic rings. The van der Waals surface area contributed by atoms with E-state index in [4.69, 9.17) is 9.84 Å². The van der Waals surface area contributed by atoms with E-state index < -0.39 is 5.97 Å². The van der Waals surface area contributed by atoms with Gasteiger partial charge in [0.15, 0.2) is 0 Å². The third kappa shape index (κ3) is 5.02. The molecule has 0 spiro atoms. The second-order valence-electron chi connectivity index (χ2n) is 9.79. The summed E-state index contributed by atoms with van der Waals surface area (Å²) in [6.45, 7) is 2.83. The Kier molecular flexibility index (Phi) is 6.68. The van der Waals surface area contributed by atoms with Gasteiger partial charge in [-0.1, -0.05) is 54.6 Å². The van der Waals surface area contributed by atoms with Gasteiger partial charge in [0.25, 0.3) is 0 Å².